The second-order valence-electron chi connectivity index (χ2n) is 6.36. The summed E-state index contributed by atoms with van der Waals surface area (Å²) in [5, 5.41) is 23.2. The Morgan fingerprint density at radius 1 is 1.38 bits per heavy atom. The van der Waals surface area contributed by atoms with Crippen LogP contribution in [0.25, 0.3) is 0 Å². The molecule has 0 unspecified atom stereocenters. The topological polar surface area (TPSA) is 52.5 Å². The van der Waals surface area contributed by atoms with Gasteiger partial charge in [0.25, 0.3) is 0 Å². The normalized spacial score (nSPS) is 26.0. The highest BCUT2D eigenvalue weighted by atomic mass is 35.5. The Bertz CT molecular complexity index is 461. The molecule has 0 heterocycles. The number of halogens is 1. The van der Waals surface area contributed by atoms with Crippen LogP contribution >= 0.6 is 12.4 Å². The lowest BCUT2D eigenvalue weighted by atomic mass is 9.71. The third kappa shape index (κ3) is 4.33. The van der Waals surface area contributed by atoms with Gasteiger partial charge in [-0.15, -0.1) is 12.4 Å². The number of methoxy groups -OCH3 is 1. The van der Waals surface area contributed by atoms with Gasteiger partial charge in [-0.2, -0.15) is 0 Å². The molecule has 1 N–H and O–H groups in total. The molecule has 1 aromatic carbocycles. The maximum Gasteiger partial charge on any atom is 0.119 e. The summed E-state index contributed by atoms with van der Waals surface area (Å²) in [7, 11) is 4.90. The third-order valence-corrected chi connectivity index (χ3v) is 4.27. The first kappa shape index (κ1) is 18.2. The molecule has 2 rings (SSSR count). The van der Waals surface area contributed by atoms with E-state index in [1.165, 1.54) is 0 Å². The molecule has 4 nitrogen and oxygen atoms in total. The predicted octanol–water partition coefficient (Wildman–Crippen LogP) is 3.07. The summed E-state index contributed by atoms with van der Waals surface area (Å²) in [6.45, 7) is 0.438. The maximum atomic E-state index is 12.0. The number of ether oxygens (including phenoxy) is 1. The molecular formula is C16H26ClNO3. The lowest BCUT2D eigenvalue weighted by Gasteiger charge is -2.45. The van der Waals surface area contributed by atoms with Crippen molar-refractivity contribution in [3.8, 4) is 5.75 Å². The van der Waals surface area contributed by atoms with E-state index in [4.69, 9.17) is 4.74 Å². The smallest absolute Gasteiger partial charge is 0.119 e. The summed E-state index contributed by atoms with van der Waals surface area (Å²) in [5.41, 5.74) is -0.0396. The minimum Gasteiger partial charge on any atom is -0.633 e. The molecule has 1 aliphatic carbocycles. The van der Waals surface area contributed by atoms with Crippen LogP contribution in [-0.2, 0) is 5.60 Å². The number of quaternary nitrogens is 1. The van der Waals surface area contributed by atoms with Crippen LogP contribution in [0.2, 0.25) is 0 Å². The van der Waals surface area contributed by atoms with Crippen molar-refractivity contribution in [3.05, 3.63) is 35.0 Å². The lowest BCUT2D eigenvalue weighted by Crippen LogP contribution is -2.47. The van der Waals surface area contributed by atoms with E-state index in [1.807, 2.05) is 24.3 Å². The Kier molecular flexibility index (Phi) is 6.05. The Balaban J connectivity index is 0.00000220. The van der Waals surface area contributed by atoms with Gasteiger partial charge < -0.3 is 19.7 Å². The minimum atomic E-state index is -0.910. The zero-order chi connectivity index (χ0) is 14.8. The summed E-state index contributed by atoms with van der Waals surface area (Å²) >= 11 is 0. The predicted molar refractivity (Wildman–Crippen MR) is 86.4 cm³/mol. The van der Waals surface area contributed by atoms with Gasteiger partial charge in [-0.1, -0.05) is 25.0 Å². The lowest BCUT2D eigenvalue weighted by molar-refractivity contribution is -0.845. The van der Waals surface area contributed by atoms with Gasteiger partial charge in [0, 0.05) is 5.92 Å². The van der Waals surface area contributed by atoms with E-state index in [9.17, 15) is 10.3 Å². The number of hydrogen-bond donors (Lipinski definition) is 1. The van der Waals surface area contributed by atoms with Crippen molar-refractivity contribution in [2.75, 3.05) is 27.7 Å². The highest BCUT2D eigenvalue weighted by Crippen LogP contribution is 2.43. The fourth-order valence-electron chi connectivity index (χ4n) is 3.27. The van der Waals surface area contributed by atoms with Crippen LogP contribution in [0.3, 0.4) is 0 Å². The van der Waals surface area contributed by atoms with Crippen molar-refractivity contribution >= 4 is 12.4 Å². The molecule has 2 atom stereocenters. The Morgan fingerprint density at radius 2 is 2.10 bits per heavy atom. The highest BCUT2D eigenvalue weighted by Gasteiger charge is 2.42. The van der Waals surface area contributed by atoms with Gasteiger partial charge in [-0.3, -0.25) is 0 Å². The molecule has 21 heavy (non-hydrogen) atoms. The summed E-state index contributed by atoms with van der Waals surface area (Å²) in [4.78, 5) is 0. The summed E-state index contributed by atoms with van der Waals surface area (Å²) in [6, 6.07) is 7.60. The van der Waals surface area contributed by atoms with Crippen molar-refractivity contribution in [2.45, 2.75) is 31.3 Å². The van der Waals surface area contributed by atoms with Gasteiger partial charge in [-0.05, 0) is 30.5 Å². The molecule has 0 aliphatic heterocycles. The van der Waals surface area contributed by atoms with Gasteiger partial charge in [0.1, 0.15) is 5.75 Å². The number of rotatable bonds is 4. The number of hydroxylamine groups is 3. The standard InChI is InChI=1S/C16H25NO3.ClH/c1-17(2,19)12-14-7-4-5-10-16(14,18)13-8-6-9-15(11-13)20-3;/h6,8-9,11,14,18H,4-5,7,10,12H2,1-3H3;1H/t14-,16+;/m1./s1. The van der Waals surface area contributed by atoms with Gasteiger partial charge in [0.2, 0.25) is 0 Å². The van der Waals surface area contributed by atoms with Gasteiger partial charge >= 0.3 is 0 Å². The van der Waals surface area contributed by atoms with Crippen molar-refractivity contribution in [1.29, 1.82) is 0 Å². The SMILES string of the molecule is COc1cccc([C@@]2(O)CCCC[C@@H]2C[N+](C)(C)[O-])c1.Cl. The van der Waals surface area contributed by atoms with Crippen LogP contribution in [0.4, 0.5) is 0 Å². The Hall–Kier alpha value is -0.810. The molecule has 1 aliphatic rings. The number of benzene rings is 1. The first-order chi connectivity index (χ1) is 9.35. The van der Waals surface area contributed by atoms with Crippen LogP contribution in [0.15, 0.2) is 24.3 Å². The van der Waals surface area contributed by atoms with Gasteiger partial charge in [-0.25, -0.2) is 0 Å². The van der Waals surface area contributed by atoms with Crippen LogP contribution in [0, 0.1) is 11.1 Å². The monoisotopic (exact) mass is 315 g/mol. The summed E-state index contributed by atoms with van der Waals surface area (Å²) in [5.74, 6) is 0.743. The number of hydrogen-bond acceptors (Lipinski definition) is 3. The van der Waals surface area contributed by atoms with E-state index in [-0.39, 0.29) is 23.0 Å². The van der Waals surface area contributed by atoms with Crippen molar-refractivity contribution in [3.63, 3.8) is 0 Å². The van der Waals surface area contributed by atoms with Crippen molar-refractivity contribution < 1.29 is 14.5 Å². The molecule has 0 bridgehead atoms. The quantitative estimate of drug-likeness (QED) is 0.686. The van der Waals surface area contributed by atoms with Crippen LogP contribution < -0.4 is 4.74 Å². The second-order valence-corrected chi connectivity index (χ2v) is 6.36. The third-order valence-electron chi connectivity index (χ3n) is 4.27. The van der Waals surface area contributed by atoms with E-state index in [1.54, 1.807) is 21.2 Å². The Morgan fingerprint density at radius 3 is 2.71 bits per heavy atom. The molecule has 120 valence electrons. The van der Waals surface area contributed by atoms with Crippen molar-refractivity contribution in [2.24, 2.45) is 5.92 Å². The average Bonchev–Trinajstić information content (AvgIpc) is 2.40. The van der Waals surface area contributed by atoms with Crippen LogP contribution in [0.5, 0.6) is 5.75 Å². The average molecular weight is 316 g/mol. The van der Waals surface area contributed by atoms with Gasteiger partial charge in [0.15, 0.2) is 0 Å². The number of aliphatic hydroxyl groups is 1. The van der Waals surface area contributed by atoms with E-state index in [0.29, 0.717) is 13.0 Å². The molecule has 0 spiro atoms. The minimum absolute atomic E-state index is 0. The number of nitrogens with zero attached hydrogens (tertiary/aromatic N) is 1. The van der Waals surface area contributed by atoms with E-state index in [2.05, 4.69) is 0 Å². The Labute approximate surface area is 133 Å². The first-order valence-electron chi connectivity index (χ1n) is 7.26. The van der Waals surface area contributed by atoms with Crippen LogP contribution in [-0.4, -0.2) is 37.5 Å². The molecule has 1 aromatic rings. The molecule has 0 saturated heterocycles. The molecule has 1 fully saturated rings. The summed E-state index contributed by atoms with van der Waals surface area (Å²) in [6.07, 6.45) is 3.69. The largest absolute Gasteiger partial charge is 0.633 e. The molecule has 0 amide bonds. The zero-order valence-corrected chi connectivity index (χ0v) is 13.9. The molecule has 0 radical (unpaired) electrons. The molecule has 1 saturated carbocycles. The molecular weight excluding hydrogens is 290 g/mol. The van der Waals surface area contributed by atoms with E-state index in [0.717, 1.165) is 30.6 Å². The fraction of sp³-hybridized carbons (Fsp3) is 0.625. The molecule has 0 aromatic heterocycles. The highest BCUT2D eigenvalue weighted by molar-refractivity contribution is 5.85. The van der Waals surface area contributed by atoms with E-state index >= 15 is 0 Å². The van der Waals surface area contributed by atoms with Gasteiger partial charge in [0.05, 0.1) is 33.4 Å². The zero-order valence-electron chi connectivity index (χ0n) is 13.0. The van der Waals surface area contributed by atoms with E-state index < -0.39 is 5.60 Å². The second kappa shape index (κ2) is 6.97. The molecule has 5 heteroatoms. The fourth-order valence-corrected chi connectivity index (χ4v) is 3.27. The maximum absolute atomic E-state index is 12.0. The first-order valence-corrected chi connectivity index (χ1v) is 7.26. The van der Waals surface area contributed by atoms with Crippen LogP contribution in [0.1, 0.15) is 31.2 Å². The van der Waals surface area contributed by atoms with Crippen molar-refractivity contribution in [1.82, 2.24) is 0 Å². The summed E-state index contributed by atoms with van der Waals surface area (Å²) < 4.78 is 4.89.